The molecule has 1 unspecified atom stereocenters. The predicted octanol–water partition coefficient (Wildman–Crippen LogP) is 1.20. The molecular formula is C15H28N2O5S. The Labute approximate surface area is 138 Å². The Morgan fingerprint density at radius 2 is 1.87 bits per heavy atom. The van der Waals surface area contributed by atoms with Crippen LogP contribution in [0.1, 0.15) is 52.9 Å². The van der Waals surface area contributed by atoms with Crippen LogP contribution >= 0.6 is 0 Å². The third-order valence-corrected chi connectivity index (χ3v) is 6.59. The summed E-state index contributed by atoms with van der Waals surface area (Å²) < 4.78 is 25.3. The number of nitrogens with one attached hydrogen (secondary N) is 1. The van der Waals surface area contributed by atoms with Gasteiger partial charge in [-0.05, 0) is 32.6 Å². The summed E-state index contributed by atoms with van der Waals surface area (Å²) in [5, 5.41) is 12.0. The molecule has 0 aromatic heterocycles. The first-order chi connectivity index (χ1) is 10.7. The number of hydrogen-bond donors (Lipinski definition) is 2. The number of rotatable bonds is 8. The lowest BCUT2D eigenvalue weighted by Crippen LogP contribution is -2.54. The molecule has 1 amide bonds. The molecule has 0 radical (unpaired) electrons. The summed E-state index contributed by atoms with van der Waals surface area (Å²) in [6.45, 7) is 5.91. The molecule has 1 saturated heterocycles. The number of carboxylic acids is 1. The van der Waals surface area contributed by atoms with Gasteiger partial charge in [0.25, 0.3) is 0 Å². The van der Waals surface area contributed by atoms with Crippen LogP contribution in [-0.2, 0) is 19.6 Å². The molecule has 1 rings (SSSR count). The van der Waals surface area contributed by atoms with Gasteiger partial charge in [0.15, 0.2) is 0 Å². The van der Waals surface area contributed by atoms with Gasteiger partial charge in [0.05, 0.1) is 18.1 Å². The molecule has 7 nitrogen and oxygen atoms in total. The first-order valence-electron chi connectivity index (χ1n) is 8.21. The Balaban J connectivity index is 2.81. The van der Waals surface area contributed by atoms with Gasteiger partial charge in [0.1, 0.15) is 0 Å². The van der Waals surface area contributed by atoms with Crippen molar-refractivity contribution in [2.45, 2.75) is 58.4 Å². The molecule has 0 saturated carbocycles. The fourth-order valence-corrected chi connectivity index (χ4v) is 4.14. The molecule has 1 fully saturated rings. The topological polar surface area (TPSA) is 104 Å². The van der Waals surface area contributed by atoms with Crippen LogP contribution in [0.25, 0.3) is 0 Å². The van der Waals surface area contributed by atoms with Gasteiger partial charge in [-0.15, -0.1) is 0 Å². The minimum Gasteiger partial charge on any atom is -0.481 e. The van der Waals surface area contributed by atoms with Crippen molar-refractivity contribution < 1.29 is 23.1 Å². The van der Waals surface area contributed by atoms with E-state index in [1.807, 2.05) is 13.8 Å². The summed E-state index contributed by atoms with van der Waals surface area (Å²) in [5.41, 5.74) is -0.769. The van der Waals surface area contributed by atoms with E-state index < -0.39 is 27.4 Å². The lowest BCUT2D eigenvalue weighted by molar-refractivity contribution is -0.139. The van der Waals surface area contributed by atoms with Crippen molar-refractivity contribution in [3.05, 3.63) is 0 Å². The summed E-state index contributed by atoms with van der Waals surface area (Å²) >= 11 is 0. The standard InChI is InChI=1S/C15H28N2O5S/c1-4-15(5-2,10-13(18)19)16-14(20)12-8-7-9-17(11-12)23(21,22)6-3/h12H,4-11H2,1-3H3,(H,16,20)(H,18,19). The third-order valence-electron chi connectivity index (χ3n) is 4.74. The Hall–Kier alpha value is -1.15. The number of piperidine rings is 1. The van der Waals surface area contributed by atoms with Crippen LogP contribution in [-0.4, -0.2) is 54.1 Å². The second-order valence-corrected chi connectivity index (χ2v) is 8.40. The van der Waals surface area contributed by atoms with E-state index in [4.69, 9.17) is 5.11 Å². The van der Waals surface area contributed by atoms with Crippen LogP contribution in [0.5, 0.6) is 0 Å². The second-order valence-electron chi connectivity index (χ2n) is 6.14. The average molecular weight is 348 g/mol. The van der Waals surface area contributed by atoms with E-state index >= 15 is 0 Å². The minimum absolute atomic E-state index is 0.0220. The van der Waals surface area contributed by atoms with E-state index in [0.717, 1.165) is 0 Å². The lowest BCUT2D eigenvalue weighted by Gasteiger charge is -2.36. The van der Waals surface area contributed by atoms with Crippen molar-refractivity contribution in [1.29, 1.82) is 0 Å². The number of carbonyl (C=O) groups excluding carboxylic acids is 1. The van der Waals surface area contributed by atoms with Crippen LogP contribution in [0.4, 0.5) is 0 Å². The number of carboxylic acid groups (broad SMARTS) is 1. The zero-order valence-corrected chi connectivity index (χ0v) is 15.0. The summed E-state index contributed by atoms with van der Waals surface area (Å²) in [6, 6.07) is 0. The highest BCUT2D eigenvalue weighted by atomic mass is 32.2. The SMILES string of the molecule is CCC(CC)(CC(=O)O)NC(=O)C1CCCN(S(=O)(=O)CC)C1. The van der Waals surface area contributed by atoms with Gasteiger partial charge >= 0.3 is 5.97 Å². The number of carbonyl (C=O) groups is 2. The van der Waals surface area contributed by atoms with E-state index in [9.17, 15) is 18.0 Å². The summed E-state index contributed by atoms with van der Waals surface area (Å²) in [4.78, 5) is 23.6. The van der Waals surface area contributed by atoms with Gasteiger partial charge in [-0.3, -0.25) is 9.59 Å². The molecule has 2 N–H and O–H groups in total. The Bertz CT molecular complexity index is 528. The molecule has 134 valence electrons. The predicted molar refractivity (Wildman–Crippen MR) is 87.5 cm³/mol. The van der Waals surface area contributed by atoms with Crippen molar-refractivity contribution in [1.82, 2.24) is 9.62 Å². The first-order valence-corrected chi connectivity index (χ1v) is 9.82. The van der Waals surface area contributed by atoms with Crippen molar-refractivity contribution >= 4 is 21.9 Å². The smallest absolute Gasteiger partial charge is 0.305 e. The van der Waals surface area contributed by atoms with Gasteiger partial charge in [0.2, 0.25) is 15.9 Å². The van der Waals surface area contributed by atoms with Gasteiger partial charge in [-0.25, -0.2) is 12.7 Å². The molecule has 0 aliphatic carbocycles. The molecule has 1 aliphatic heterocycles. The number of nitrogens with zero attached hydrogens (tertiary/aromatic N) is 1. The molecule has 0 aromatic rings. The second kappa shape index (κ2) is 8.10. The van der Waals surface area contributed by atoms with Crippen molar-refractivity contribution in [3.63, 3.8) is 0 Å². The quantitative estimate of drug-likeness (QED) is 0.686. The summed E-state index contributed by atoms with van der Waals surface area (Å²) in [6.07, 6.45) is 2.17. The minimum atomic E-state index is -3.30. The van der Waals surface area contributed by atoms with Crippen molar-refractivity contribution in [2.75, 3.05) is 18.8 Å². The van der Waals surface area contributed by atoms with Crippen molar-refractivity contribution in [2.24, 2.45) is 5.92 Å². The van der Waals surface area contributed by atoms with E-state index in [0.29, 0.717) is 32.2 Å². The Kier molecular flexibility index (Phi) is 7.01. The van der Waals surface area contributed by atoms with Gasteiger partial charge < -0.3 is 10.4 Å². The maximum absolute atomic E-state index is 12.5. The summed E-state index contributed by atoms with van der Waals surface area (Å²) in [7, 11) is -3.30. The Morgan fingerprint density at radius 3 is 2.35 bits per heavy atom. The van der Waals surface area contributed by atoms with E-state index in [-0.39, 0.29) is 24.6 Å². The molecule has 0 spiro atoms. The lowest BCUT2D eigenvalue weighted by atomic mass is 9.87. The van der Waals surface area contributed by atoms with E-state index in [2.05, 4.69) is 5.32 Å². The highest BCUT2D eigenvalue weighted by Crippen LogP contribution is 2.24. The zero-order valence-electron chi connectivity index (χ0n) is 14.2. The average Bonchev–Trinajstić information content (AvgIpc) is 2.53. The fourth-order valence-electron chi connectivity index (χ4n) is 2.97. The molecule has 1 aliphatic rings. The molecule has 0 bridgehead atoms. The molecular weight excluding hydrogens is 320 g/mol. The normalized spacial score (nSPS) is 20.2. The molecule has 23 heavy (non-hydrogen) atoms. The fraction of sp³-hybridized carbons (Fsp3) is 0.867. The van der Waals surface area contributed by atoms with Crippen LogP contribution in [0.2, 0.25) is 0 Å². The Morgan fingerprint density at radius 1 is 1.26 bits per heavy atom. The van der Waals surface area contributed by atoms with Gasteiger partial charge in [-0.1, -0.05) is 13.8 Å². The van der Waals surface area contributed by atoms with E-state index in [1.54, 1.807) is 6.92 Å². The number of amides is 1. The van der Waals surface area contributed by atoms with Crippen LogP contribution in [0.3, 0.4) is 0 Å². The van der Waals surface area contributed by atoms with Gasteiger partial charge in [0, 0.05) is 18.6 Å². The summed E-state index contributed by atoms with van der Waals surface area (Å²) in [5.74, 6) is -1.59. The van der Waals surface area contributed by atoms with E-state index in [1.165, 1.54) is 4.31 Å². The van der Waals surface area contributed by atoms with Crippen molar-refractivity contribution in [3.8, 4) is 0 Å². The maximum Gasteiger partial charge on any atom is 0.305 e. The third kappa shape index (κ3) is 5.17. The highest BCUT2D eigenvalue weighted by Gasteiger charge is 2.36. The first kappa shape index (κ1) is 19.9. The zero-order chi connectivity index (χ0) is 17.7. The van der Waals surface area contributed by atoms with Crippen LogP contribution < -0.4 is 5.32 Å². The largest absolute Gasteiger partial charge is 0.481 e. The molecule has 0 aromatic carbocycles. The number of hydrogen-bond acceptors (Lipinski definition) is 4. The highest BCUT2D eigenvalue weighted by molar-refractivity contribution is 7.89. The number of sulfonamides is 1. The molecule has 1 heterocycles. The maximum atomic E-state index is 12.5. The van der Waals surface area contributed by atoms with Crippen LogP contribution in [0, 0.1) is 5.92 Å². The van der Waals surface area contributed by atoms with Gasteiger partial charge in [-0.2, -0.15) is 0 Å². The number of aliphatic carboxylic acids is 1. The van der Waals surface area contributed by atoms with Crippen LogP contribution in [0.15, 0.2) is 0 Å². The monoisotopic (exact) mass is 348 g/mol. The molecule has 8 heteroatoms. The molecule has 1 atom stereocenters.